The summed E-state index contributed by atoms with van der Waals surface area (Å²) in [7, 11) is 0. The molecule has 3 atom stereocenters. The van der Waals surface area contributed by atoms with Crippen LogP contribution in [0.4, 0.5) is 0 Å². The van der Waals surface area contributed by atoms with Gasteiger partial charge in [0.25, 0.3) is 0 Å². The molecule has 2 heterocycles. The third kappa shape index (κ3) is 5.48. The molecule has 0 aromatic carbocycles. The molecule has 2 saturated heterocycles. The number of piperidine rings is 1. The molecule has 23 heavy (non-hydrogen) atoms. The van der Waals surface area contributed by atoms with Crippen molar-refractivity contribution in [3.05, 3.63) is 0 Å². The first-order valence-electron chi connectivity index (χ1n) is 9.02. The Balaban J connectivity index is 0.00000132. The minimum Gasteiger partial charge on any atom is -0.338 e. The van der Waals surface area contributed by atoms with Crippen LogP contribution in [0.25, 0.3) is 0 Å². The summed E-state index contributed by atoms with van der Waals surface area (Å²) in [4.78, 5) is 17.6. The number of amides is 1. The maximum atomic E-state index is 12.8. The molecular formula is C17H33Cl2N3O. The molecule has 0 bridgehead atoms. The molecule has 0 aromatic heterocycles. The van der Waals surface area contributed by atoms with E-state index >= 15 is 0 Å². The van der Waals surface area contributed by atoms with Crippen LogP contribution >= 0.6 is 24.8 Å². The largest absolute Gasteiger partial charge is 0.338 e. The van der Waals surface area contributed by atoms with E-state index in [1.807, 2.05) is 0 Å². The van der Waals surface area contributed by atoms with Crippen LogP contribution in [0.2, 0.25) is 0 Å². The number of carbonyl (C=O) groups is 1. The fourth-order valence-corrected chi connectivity index (χ4v) is 4.44. The second kappa shape index (κ2) is 10.1. The Labute approximate surface area is 153 Å². The van der Waals surface area contributed by atoms with Gasteiger partial charge in [0.05, 0.1) is 0 Å². The lowest BCUT2D eigenvalue weighted by atomic mass is 9.85. The molecule has 3 rings (SSSR count). The number of carbonyl (C=O) groups excluding carboxylic acids is 1. The topological polar surface area (TPSA) is 49.6 Å². The molecule has 3 aliphatic rings. The molecule has 0 radical (unpaired) electrons. The molecule has 2 N–H and O–H groups in total. The standard InChI is InChI=1S/C17H31N3O.2ClH/c18-15-7-4-6-14(12-15)17(21)20-11-5-8-16(20)13-19-9-2-1-3-10-19;;/h14-16H,1-13,18H2;2*1H. The molecule has 1 aliphatic carbocycles. The quantitative estimate of drug-likeness (QED) is 0.836. The van der Waals surface area contributed by atoms with E-state index in [4.69, 9.17) is 5.73 Å². The van der Waals surface area contributed by atoms with Crippen LogP contribution in [-0.4, -0.2) is 54.0 Å². The molecule has 0 aromatic rings. The molecule has 136 valence electrons. The fourth-order valence-electron chi connectivity index (χ4n) is 4.44. The van der Waals surface area contributed by atoms with Crippen molar-refractivity contribution in [1.82, 2.24) is 9.80 Å². The van der Waals surface area contributed by atoms with Gasteiger partial charge in [-0.15, -0.1) is 24.8 Å². The lowest BCUT2D eigenvalue weighted by molar-refractivity contribution is -0.138. The zero-order valence-corrected chi connectivity index (χ0v) is 15.8. The summed E-state index contributed by atoms with van der Waals surface area (Å²) >= 11 is 0. The van der Waals surface area contributed by atoms with E-state index in [-0.39, 0.29) is 36.8 Å². The summed E-state index contributed by atoms with van der Waals surface area (Å²) in [6.45, 7) is 4.53. The van der Waals surface area contributed by atoms with Gasteiger partial charge in [-0.3, -0.25) is 4.79 Å². The van der Waals surface area contributed by atoms with Crippen molar-refractivity contribution in [2.24, 2.45) is 11.7 Å². The molecular weight excluding hydrogens is 333 g/mol. The smallest absolute Gasteiger partial charge is 0.226 e. The van der Waals surface area contributed by atoms with Crippen molar-refractivity contribution in [2.75, 3.05) is 26.2 Å². The first-order chi connectivity index (χ1) is 10.2. The number of rotatable bonds is 3. The van der Waals surface area contributed by atoms with Crippen molar-refractivity contribution in [1.29, 1.82) is 0 Å². The average Bonchev–Trinajstić information content (AvgIpc) is 2.95. The number of likely N-dealkylation sites (tertiary alicyclic amines) is 2. The second-order valence-electron chi connectivity index (χ2n) is 7.31. The third-order valence-electron chi connectivity index (χ3n) is 5.64. The molecule has 3 unspecified atom stereocenters. The fraction of sp³-hybridized carbons (Fsp3) is 0.941. The summed E-state index contributed by atoms with van der Waals surface area (Å²) in [6, 6.07) is 0.713. The number of nitrogens with zero attached hydrogens (tertiary/aromatic N) is 2. The number of halogens is 2. The summed E-state index contributed by atoms with van der Waals surface area (Å²) in [5.74, 6) is 0.611. The number of nitrogens with two attached hydrogens (primary N) is 1. The van der Waals surface area contributed by atoms with E-state index < -0.39 is 0 Å². The molecule has 1 amide bonds. The van der Waals surface area contributed by atoms with Gasteiger partial charge in [0, 0.05) is 31.1 Å². The van der Waals surface area contributed by atoms with Crippen LogP contribution in [0.15, 0.2) is 0 Å². The van der Waals surface area contributed by atoms with Crippen molar-refractivity contribution in [3.63, 3.8) is 0 Å². The van der Waals surface area contributed by atoms with Crippen LogP contribution in [0.1, 0.15) is 57.8 Å². The first kappa shape index (κ1) is 21.0. The Hall–Kier alpha value is -0.0300. The Morgan fingerprint density at radius 2 is 1.65 bits per heavy atom. The van der Waals surface area contributed by atoms with Crippen molar-refractivity contribution >= 4 is 30.7 Å². The van der Waals surface area contributed by atoms with Crippen molar-refractivity contribution in [3.8, 4) is 0 Å². The number of hydrogen-bond acceptors (Lipinski definition) is 3. The Morgan fingerprint density at radius 3 is 2.35 bits per heavy atom. The minimum absolute atomic E-state index is 0. The summed E-state index contributed by atoms with van der Waals surface area (Å²) < 4.78 is 0. The van der Waals surface area contributed by atoms with Crippen LogP contribution in [0.3, 0.4) is 0 Å². The SMILES string of the molecule is Cl.Cl.NC1CCCC(C(=O)N2CCCC2CN2CCCCC2)C1. The highest BCUT2D eigenvalue weighted by atomic mass is 35.5. The van der Waals surface area contributed by atoms with E-state index in [1.165, 1.54) is 45.2 Å². The maximum Gasteiger partial charge on any atom is 0.226 e. The van der Waals surface area contributed by atoms with Crippen LogP contribution in [-0.2, 0) is 4.79 Å². The van der Waals surface area contributed by atoms with Crippen molar-refractivity contribution < 1.29 is 4.79 Å². The maximum absolute atomic E-state index is 12.8. The molecule has 1 saturated carbocycles. The van der Waals surface area contributed by atoms with Crippen LogP contribution < -0.4 is 5.73 Å². The molecule has 4 nitrogen and oxygen atoms in total. The third-order valence-corrected chi connectivity index (χ3v) is 5.64. The zero-order chi connectivity index (χ0) is 14.7. The Kier molecular flexibility index (Phi) is 9.20. The van der Waals surface area contributed by atoms with Gasteiger partial charge in [-0.05, 0) is 58.0 Å². The van der Waals surface area contributed by atoms with E-state index in [0.717, 1.165) is 38.8 Å². The van der Waals surface area contributed by atoms with Gasteiger partial charge in [0.2, 0.25) is 5.91 Å². The summed E-state index contributed by atoms with van der Waals surface area (Å²) in [6.07, 6.45) is 10.6. The van der Waals surface area contributed by atoms with Crippen LogP contribution in [0, 0.1) is 5.92 Å². The highest BCUT2D eigenvalue weighted by Crippen LogP contribution is 2.29. The summed E-state index contributed by atoms with van der Waals surface area (Å²) in [5.41, 5.74) is 6.07. The first-order valence-corrected chi connectivity index (χ1v) is 9.02. The van der Waals surface area contributed by atoms with Gasteiger partial charge >= 0.3 is 0 Å². The van der Waals surface area contributed by atoms with E-state index in [2.05, 4.69) is 9.80 Å². The van der Waals surface area contributed by atoms with Gasteiger partial charge in [-0.25, -0.2) is 0 Å². The van der Waals surface area contributed by atoms with E-state index in [9.17, 15) is 4.79 Å². The lowest BCUT2D eigenvalue weighted by Crippen LogP contribution is -2.47. The molecule has 3 fully saturated rings. The molecule has 0 spiro atoms. The Morgan fingerprint density at radius 1 is 0.913 bits per heavy atom. The van der Waals surface area contributed by atoms with Crippen LogP contribution in [0.5, 0.6) is 0 Å². The van der Waals surface area contributed by atoms with Gasteiger partial charge in [0.1, 0.15) is 0 Å². The molecule has 2 aliphatic heterocycles. The highest BCUT2D eigenvalue weighted by molar-refractivity contribution is 5.85. The predicted molar refractivity (Wildman–Crippen MR) is 99.5 cm³/mol. The normalized spacial score (nSPS) is 32.0. The second-order valence-corrected chi connectivity index (χ2v) is 7.31. The monoisotopic (exact) mass is 365 g/mol. The minimum atomic E-state index is 0. The lowest BCUT2D eigenvalue weighted by Gasteiger charge is -2.36. The van der Waals surface area contributed by atoms with Crippen molar-refractivity contribution in [2.45, 2.75) is 69.9 Å². The van der Waals surface area contributed by atoms with Gasteiger partial charge in [0.15, 0.2) is 0 Å². The zero-order valence-electron chi connectivity index (χ0n) is 14.1. The van der Waals surface area contributed by atoms with Gasteiger partial charge in [-0.1, -0.05) is 12.8 Å². The summed E-state index contributed by atoms with van der Waals surface area (Å²) in [5, 5.41) is 0. The van der Waals surface area contributed by atoms with E-state index in [0.29, 0.717) is 11.9 Å². The highest BCUT2D eigenvalue weighted by Gasteiger charge is 2.35. The van der Waals surface area contributed by atoms with E-state index in [1.54, 1.807) is 0 Å². The molecule has 6 heteroatoms. The van der Waals surface area contributed by atoms with Gasteiger partial charge < -0.3 is 15.5 Å². The predicted octanol–water partition coefficient (Wildman–Crippen LogP) is 2.82. The Bertz CT molecular complexity index is 364. The van der Waals surface area contributed by atoms with Gasteiger partial charge in [-0.2, -0.15) is 0 Å². The average molecular weight is 366 g/mol. The number of hydrogen-bond donors (Lipinski definition) is 1.